The first kappa shape index (κ1) is 25.2. The topological polar surface area (TPSA) is 93.2 Å². The van der Waals surface area contributed by atoms with E-state index in [0.29, 0.717) is 37.7 Å². The van der Waals surface area contributed by atoms with Crippen LogP contribution >= 0.6 is 11.6 Å². The lowest BCUT2D eigenvalue weighted by Crippen LogP contribution is -2.40. The van der Waals surface area contributed by atoms with Crippen molar-refractivity contribution in [3.8, 4) is 0 Å². The van der Waals surface area contributed by atoms with Crippen LogP contribution in [0.1, 0.15) is 17.5 Å². The molecule has 1 aliphatic heterocycles. The number of amides is 1. The summed E-state index contributed by atoms with van der Waals surface area (Å²) in [6.07, 6.45) is 0.579. The molecule has 33 heavy (non-hydrogen) atoms. The van der Waals surface area contributed by atoms with Gasteiger partial charge in [0.25, 0.3) is 0 Å². The van der Waals surface area contributed by atoms with E-state index in [0.717, 1.165) is 11.1 Å². The maximum Gasteiger partial charge on any atom is 0.325 e. The number of carbonyl (C=O) groups is 2. The second-order valence-electron chi connectivity index (χ2n) is 7.61. The van der Waals surface area contributed by atoms with Crippen LogP contribution in [-0.4, -0.2) is 69.5 Å². The van der Waals surface area contributed by atoms with Crippen LogP contribution in [0.15, 0.2) is 53.4 Å². The molecular weight excluding hydrogens is 468 g/mol. The number of hydrogen-bond donors (Lipinski definition) is 0. The molecule has 178 valence electrons. The number of morpholine rings is 1. The van der Waals surface area contributed by atoms with Crippen LogP contribution in [-0.2, 0) is 42.1 Å². The Bertz CT molecular complexity index is 1050. The van der Waals surface area contributed by atoms with Gasteiger partial charge in [-0.3, -0.25) is 9.59 Å². The van der Waals surface area contributed by atoms with E-state index >= 15 is 0 Å². The Labute approximate surface area is 199 Å². The van der Waals surface area contributed by atoms with Crippen LogP contribution in [0.25, 0.3) is 0 Å². The van der Waals surface area contributed by atoms with Gasteiger partial charge in [0.15, 0.2) is 0 Å². The molecule has 3 rings (SSSR count). The van der Waals surface area contributed by atoms with Crippen LogP contribution in [0.4, 0.5) is 0 Å². The van der Waals surface area contributed by atoms with E-state index in [1.807, 2.05) is 0 Å². The minimum absolute atomic E-state index is 0.158. The normalized spacial score (nSPS) is 14.6. The molecule has 2 aromatic carbocycles. The molecule has 1 saturated heterocycles. The second-order valence-corrected chi connectivity index (χ2v) is 9.99. The summed E-state index contributed by atoms with van der Waals surface area (Å²) in [4.78, 5) is 26.3. The molecule has 0 unspecified atom stereocenters. The largest absolute Gasteiger partial charge is 0.468 e. The predicted molar refractivity (Wildman–Crippen MR) is 123 cm³/mol. The summed E-state index contributed by atoms with van der Waals surface area (Å²) in [5.74, 6) is -0.713. The van der Waals surface area contributed by atoms with E-state index in [-0.39, 0.29) is 30.3 Å². The Morgan fingerprint density at radius 2 is 1.64 bits per heavy atom. The second kappa shape index (κ2) is 11.6. The highest BCUT2D eigenvalue weighted by Crippen LogP contribution is 2.19. The number of rotatable bonds is 9. The van der Waals surface area contributed by atoms with E-state index in [2.05, 4.69) is 0 Å². The summed E-state index contributed by atoms with van der Waals surface area (Å²) >= 11 is 5.92. The van der Waals surface area contributed by atoms with Crippen molar-refractivity contribution in [2.24, 2.45) is 0 Å². The van der Waals surface area contributed by atoms with E-state index in [9.17, 15) is 18.0 Å². The molecule has 1 amide bonds. The first-order valence-corrected chi connectivity index (χ1v) is 12.4. The number of esters is 1. The van der Waals surface area contributed by atoms with Gasteiger partial charge in [0.1, 0.15) is 6.54 Å². The summed E-state index contributed by atoms with van der Waals surface area (Å²) in [7, 11) is -2.28. The first-order chi connectivity index (χ1) is 15.8. The average molecular weight is 495 g/mol. The summed E-state index contributed by atoms with van der Waals surface area (Å²) in [6.45, 7) is 1.54. The van der Waals surface area contributed by atoms with Gasteiger partial charge in [-0.2, -0.15) is 4.31 Å². The van der Waals surface area contributed by atoms with Crippen molar-refractivity contribution in [2.45, 2.75) is 24.3 Å². The van der Waals surface area contributed by atoms with Gasteiger partial charge in [-0.05, 0) is 41.8 Å². The molecule has 0 aliphatic carbocycles. The van der Waals surface area contributed by atoms with Crippen LogP contribution < -0.4 is 0 Å². The molecule has 0 aromatic heterocycles. The third-order valence-electron chi connectivity index (χ3n) is 5.35. The first-order valence-electron chi connectivity index (χ1n) is 10.6. The number of benzene rings is 2. The lowest BCUT2D eigenvalue weighted by Gasteiger charge is -2.26. The molecule has 0 saturated carbocycles. The lowest BCUT2D eigenvalue weighted by molar-refractivity contribution is -0.147. The number of nitrogens with zero attached hydrogens (tertiary/aromatic N) is 2. The van der Waals surface area contributed by atoms with Crippen LogP contribution in [0.2, 0.25) is 5.02 Å². The van der Waals surface area contributed by atoms with Crippen molar-refractivity contribution < 1.29 is 27.5 Å². The zero-order chi connectivity index (χ0) is 23.8. The Morgan fingerprint density at radius 1 is 1.03 bits per heavy atom. The summed E-state index contributed by atoms with van der Waals surface area (Å²) in [5.41, 5.74) is 1.67. The van der Waals surface area contributed by atoms with Gasteiger partial charge in [-0.15, -0.1) is 0 Å². The maximum atomic E-state index is 12.8. The van der Waals surface area contributed by atoms with E-state index < -0.39 is 16.0 Å². The van der Waals surface area contributed by atoms with Gasteiger partial charge >= 0.3 is 5.97 Å². The Morgan fingerprint density at radius 3 is 2.24 bits per heavy atom. The van der Waals surface area contributed by atoms with Crippen molar-refractivity contribution in [1.29, 1.82) is 0 Å². The van der Waals surface area contributed by atoms with Crippen molar-refractivity contribution in [3.05, 3.63) is 64.7 Å². The number of aryl methyl sites for hydroxylation is 1. The number of halogens is 1. The molecule has 8 nitrogen and oxygen atoms in total. The fourth-order valence-electron chi connectivity index (χ4n) is 3.44. The average Bonchev–Trinajstić information content (AvgIpc) is 2.84. The van der Waals surface area contributed by atoms with Gasteiger partial charge in [-0.25, -0.2) is 8.42 Å². The molecule has 0 radical (unpaired) electrons. The summed E-state index contributed by atoms with van der Waals surface area (Å²) < 4.78 is 36.8. The quantitative estimate of drug-likeness (QED) is 0.497. The fourth-order valence-corrected chi connectivity index (χ4v) is 4.97. The van der Waals surface area contributed by atoms with Gasteiger partial charge in [0.2, 0.25) is 15.9 Å². The molecule has 0 bridgehead atoms. The number of ether oxygens (including phenoxy) is 2. The van der Waals surface area contributed by atoms with Crippen molar-refractivity contribution in [1.82, 2.24) is 9.21 Å². The van der Waals surface area contributed by atoms with Crippen LogP contribution in [0.3, 0.4) is 0 Å². The summed E-state index contributed by atoms with van der Waals surface area (Å²) in [5, 5.41) is 0.587. The predicted octanol–water partition coefficient (Wildman–Crippen LogP) is 2.50. The number of sulfonamides is 1. The SMILES string of the molecule is COC(=O)CN(Cc1ccc(Cl)cc1)C(=O)CCc1ccc(S(=O)(=O)N2CCOCC2)cc1. The van der Waals surface area contributed by atoms with E-state index in [4.69, 9.17) is 21.1 Å². The third kappa shape index (κ3) is 7.01. The van der Waals surface area contributed by atoms with Crippen molar-refractivity contribution in [3.63, 3.8) is 0 Å². The highest BCUT2D eigenvalue weighted by molar-refractivity contribution is 7.89. The molecule has 2 aromatic rings. The standard InChI is InChI=1S/C23H27ClN2O6S/c1-31-23(28)17-25(16-19-2-7-20(24)8-3-19)22(27)11-6-18-4-9-21(10-5-18)33(29,30)26-12-14-32-15-13-26/h2-5,7-10H,6,11-17H2,1H3. The van der Waals surface area contributed by atoms with Crippen LogP contribution in [0, 0.1) is 0 Å². The highest BCUT2D eigenvalue weighted by Gasteiger charge is 2.26. The molecule has 1 heterocycles. The van der Waals surface area contributed by atoms with Crippen LogP contribution in [0.5, 0.6) is 0 Å². The Balaban J connectivity index is 1.62. The molecule has 1 aliphatic rings. The van der Waals surface area contributed by atoms with E-state index in [1.54, 1.807) is 48.5 Å². The lowest BCUT2D eigenvalue weighted by atomic mass is 10.1. The smallest absolute Gasteiger partial charge is 0.325 e. The molecule has 1 fully saturated rings. The molecular formula is C23H27ClN2O6S. The molecule has 0 N–H and O–H groups in total. The molecule has 0 atom stereocenters. The zero-order valence-corrected chi connectivity index (χ0v) is 20.0. The number of hydrogen-bond acceptors (Lipinski definition) is 6. The highest BCUT2D eigenvalue weighted by atomic mass is 35.5. The van der Waals surface area contributed by atoms with Gasteiger partial charge in [0.05, 0.1) is 25.2 Å². The minimum Gasteiger partial charge on any atom is -0.468 e. The van der Waals surface area contributed by atoms with Gasteiger partial charge in [0, 0.05) is 31.1 Å². The third-order valence-corrected chi connectivity index (χ3v) is 7.51. The Hall–Kier alpha value is -2.46. The maximum absolute atomic E-state index is 12.8. The minimum atomic E-state index is -3.56. The van der Waals surface area contributed by atoms with Crippen molar-refractivity contribution in [2.75, 3.05) is 40.0 Å². The monoisotopic (exact) mass is 494 g/mol. The fraction of sp³-hybridized carbons (Fsp3) is 0.391. The van der Waals surface area contributed by atoms with Gasteiger partial charge in [-0.1, -0.05) is 35.9 Å². The summed E-state index contributed by atoms with van der Waals surface area (Å²) in [6, 6.07) is 13.6. The van der Waals surface area contributed by atoms with Crippen molar-refractivity contribution >= 4 is 33.5 Å². The van der Waals surface area contributed by atoms with Gasteiger partial charge < -0.3 is 14.4 Å². The number of methoxy groups -OCH3 is 1. The number of carbonyl (C=O) groups excluding carboxylic acids is 2. The Kier molecular flexibility index (Phi) is 8.85. The molecule has 10 heteroatoms. The molecule has 0 spiro atoms. The van der Waals surface area contributed by atoms with E-state index in [1.165, 1.54) is 16.3 Å². The zero-order valence-electron chi connectivity index (χ0n) is 18.4.